The van der Waals surface area contributed by atoms with E-state index in [9.17, 15) is 4.79 Å². The van der Waals surface area contributed by atoms with E-state index in [1.165, 1.54) is 5.56 Å². The second kappa shape index (κ2) is 8.01. The molecule has 1 spiro atoms. The number of urea groups is 1. The van der Waals surface area contributed by atoms with Gasteiger partial charge in [-0.3, -0.25) is 0 Å². The zero-order valence-corrected chi connectivity index (χ0v) is 17.0. The summed E-state index contributed by atoms with van der Waals surface area (Å²) >= 11 is 0. The summed E-state index contributed by atoms with van der Waals surface area (Å²) in [5.74, 6) is 0. The van der Waals surface area contributed by atoms with Crippen molar-refractivity contribution in [3.8, 4) is 0 Å². The fraction of sp³-hybridized carbons (Fsp3) is 0.682. The maximum absolute atomic E-state index is 12.9. The first-order chi connectivity index (χ1) is 13.5. The number of nitrogens with one attached hydrogen (secondary N) is 1. The normalized spacial score (nSPS) is 32.0. The molecule has 1 aromatic carbocycles. The Labute approximate surface area is 167 Å². The van der Waals surface area contributed by atoms with E-state index in [0.29, 0.717) is 32.9 Å². The second-order valence-corrected chi connectivity index (χ2v) is 8.95. The Bertz CT molecular complexity index is 667. The van der Waals surface area contributed by atoms with Gasteiger partial charge in [0.15, 0.2) is 0 Å². The lowest BCUT2D eigenvalue weighted by atomic mass is 9.64. The fourth-order valence-corrected chi connectivity index (χ4v) is 4.51. The van der Waals surface area contributed by atoms with E-state index < -0.39 is 0 Å². The van der Waals surface area contributed by atoms with Crippen LogP contribution in [0.15, 0.2) is 30.3 Å². The molecule has 1 N–H and O–H groups in total. The molecule has 0 aromatic heterocycles. The third-order valence-electron chi connectivity index (χ3n) is 6.59. The van der Waals surface area contributed by atoms with Crippen LogP contribution in [0.1, 0.15) is 38.7 Å². The molecule has 3 unspecified atom stereocenters. The van der Waals surface area contributed by atoms with Crippen molar-refractivity contribution >= 4 is 6.03 Å². The van der Waals surface area contributed by atoms with Gasteiger partial charge in [-0.05, 0) is 24.8 Å². The van der Waals surface area contributed by atoms with Crippen molar-refractivity contribution in [1.29, 1.82) is 0 Å². The lowest BCUT2D eigenvalue weighted by Gasteiger charge is -2.52. The summed E-state index contributed by atoms with van der Waals surface area (Å²) in [5, 5.41) is 3.24. The molecule has 3 aliphatic rings. The van der Waals surface area contributed by atoms with Crippen LogP contribution in [0.25, 0.3) is 0 Å². The highest BCUT2D eigenvalue weighted by atomic mass is 16.5. The van der Waals surface area contributed by atoms with Crippen LogP contribution in [0.3, 0.4) is 0 Å². The summed E-state index contributed by atoms with van der Waals surface area (Å²) in [5.41, 5.74) is 0.784. The Morgan fingerprint density at radius 1 is 1.29 bits per heavy atom. The number of hydrogen-bond donors (Lipinski definition) is 1. The average Bonchev–Trinajstić information content (AvgIpc) is 2.71. The van der Waals surface area contributed by atoms with Crippen molar-refractivity contribution in [3.05, 3.63) is 35.9 Å². The van der Waals surface area contributed by atoms with Gasteiger partial charge in [-0.15, -0.1) is 0 Å². The van der Waals surface area contributed by atoms with Gasteiger partial charge in [-0.2, -0.15) is 0 Å². The van der Waals surface area contributed by atoms with Crippen LogP contribution in [-0.4, -0.2) is 61.6 Å². The predicted octanol–water partition coefficient (Wildman–Crippen LogP) is 2.96. The number of nitrogens with zero attached hydrogens (tertiary/aromatic N) is 1. The minimum atomic E-state index is -0.315. The van der Waals surface area contributed by atoms with E-state index in [2.05, 4.69) is 31.3 Å². The quantitative estimate of drug-likeness (QED) is 0.862. The number of carbonyl (C=O) groups excluding carboxylic acids is 1. The van der Waals surface area contributed by atoms with E-state index >= 15 is 0 Å². The van der Waals surface area contributed by atoms with Gasteiger partial charge in [0.1, 0.15) is 5.60 Å². The van der Waals surface area contributed by atoms with Crippen LogP contribution in [0.5, 0.6) is 0 Å². The predicted molar refractivity (Wildman–Crippen MR) is 106 cm³/mol. The van der Waals surface area contributed by atoms with Gasteiger partial charge in [-0.1, -0.05) is 44.2 Å². The molecule has 1 aromatic rings. The molecule has 1 saturated carbocycles. The maximum Gasteiger partial charge on any atom is 0.317 e. The number of morpholine rings is 1. The Balaban J connectivity index is 1.28. The maximum atomic E-state index is 12.9. The lowest BCUT2D eigenvalue weighted by Crippen LogP contribution is -2.65. The van der Waals surface area contributed by atoms with Crippen molar-refractivity contribution in [2.75, 3.05) is 32.9 Å². The molecule has 0 radical (unpaired) electrons. The highest BCUT2D eigenvalue weighted by Crippen LogP contribution is 2.43. The van der Waals surface area contributed by atoms with Crippen LogP contribution >= 0.6 is 0 Å². The number of rotatable bonds is 4. The molecule has 3 fully saturated rings. The van der Waals surface area contributed by atoms with Crippen LogP contribution in [-0.2, 0) is 20.8 Å². The van der Waals surface area contributed by atoms with Crippen molar-refractivity contribution in [1.82, 2.24) is 10.2 Å². The Kier molecular flexibility index (Phi) is 5.63. The van der Waals surface area contributed by atoms with Crippen molar-refractivity contribution < 1.29 is 19.0 Å². The Hall–Kier alpha value is -1.63. The largest absolute Gasteiger partial charge is 0.378 e. The Morgan fingerprint density at radius 3 is 2.82 bits per heavy atom. The van der Waals surface area contributed by atoms with Crippen molar-refractivity contribution in [3.63, 3.8) is 0 Å². The third kappa shape index (κ3) is 4.04. The summed E-state index contributed by atoms with van der Waals surface area (Å²) in [6.07, 6.45) is 2.96. The minimum Gasteiger partial charge on any atom is -0.378 e. The van der Waals surface area contributed by atoms with Gasteiger partial charge >= 0.3 is 6.03 Å². The summed E-state index contributed by atoms with van der Waals surface area (Å²) in [6, 6.07) is 10.4. The number of amides is 2. The Morgan fingerprint density at radius 2 is 2.11 bits per heavy atom. The molecular formula is C22H32N2O4. The minimum absolute atomic E-state index is 0.00725. The highest BCUT2D eigenvalue weighted by molar-refractivity contribution is 5.75. The zero-order valence-electron chi connectivity index (χ0n) is 17.0. The van der Waals surface area contributed by atoms with Gasteiger partial charge < -0.3 is 24.4 Å². The number of ether oxygens (including phenoxy) is 3. The molecule has 4 rings (SSSR count). The molecule has 1 aliphatic carbocycles. The standard InChI is InChI=1S/C22H32N2O4/c1-21(2)18(13-19(21)27-14-17-7-4-3-5-8-17)23-20(25)24-10-12-28-22(15-24)9-6-11-26-16-22/h3-5,7-8,18-19H,6,9-16H2,1-2H3,(H,23,25). The van der Waals surface area contributed by atoms with Crippen LogP contribution < -0.4 is 5.32 Å². The van der Waals surface area contributed by atoms with E-state index in [0.717, 1.165) is 25.9 Å². The first kappa shape index (κ1) is 19.7. The first-order valence-electron chi connectivity index (χ1n) is 10.4. The summed E-state index contributed by atoms with van der Waals surface area (Å²) in [6.45, 7) is 8.16. The number of hydrogen-bond acceptors (Lipinski definition) is 4. The third-order valence-corrected chi connectivity index (χ3v) is 6.59. The molecule has 28 heavy (non-hydrogen) atoms. The van der Waals surface area contributed by atoms with E-state index in [1.54, 1.807) is 0 Å². The van der Waals surface area contributed by atoms with Crippen LogP contribution in [0, 0.1) is 5.41 Å². The SMILES string of the molecule is CC1(C)C(NC(=O)N2CCOC3(CCCOC3)C2)CC1OCc1ccccc1. The highest BCUT2D eigenvalue weighted by Gasteiger charge is 2.50. The van der Waals surface area contributed by atoms with Gasteiger partial charge in [0, 0.05) is 24.6 Å². The van der Waals surface area contributed by atoms with Gasteiger partial charge in [0.25, 0.3) is 0 Å². The first-order valence-corrected chi connectivity index (χ1v) is 10.4. The molecule has 2 saturated heterocycles. The van der Waals surface area contributed by atoms with Crippen LogP contribution in [0.2, 0.25) is 0 Å². The topological polar surface area (TPSA) is 60.0 Å². The molecule has 6 heteroatoms. The molecule has 6 nitrogen and oxygen atoms in total. The van der Waals surface area contributed by atoms with Gasteiger partial charge in [-0.25, -0.2) is 4.79 Å². The molecule has 2 aliphatic heterocycles. The molecule has 2 amide bonds. The molecule has 2 heterocycles. The zero-order chi connectivity index (χ0) is 19.6. The van der Waals surface area contributed by atoms with E-state index in [1.807, 2.05) is 23.1 Å². The molecule has 154 valence electrons. The summed E-state index contributed by atoms with van der Waals surface area (Å²) in [4.78, 5) is 14.8. The monoisotopic (exact) mass is 388 g/mol. The number of benzene rings is 1. The summed E-state index contributed by atoms with van der Waals surface area (Å²) in [7, 11) is 0. The van der Waals surface area contributed by atoms with Gasteiger partial charge in [0.2, 0.25) is 0 Å². The van der Waals surface area contributed by atoms with E-state index in [-0.39, 0.29) is 29.2 Å². The van der Waals surface area contributed by atoms with Crippen LogP contribution in [0.4, 0.5) is 4.79 Å². The van der Waals surface area contributed by atoms with Crippen molar-refractivity contribution in [2.45, 2.75) is 57.5 Å². The smallest absolute Gasteiger partial charge is 0.317 e. The van der Waals surface area contributed by atoms with Crippen molar-refractivity contribution in [2.24, 2.45) is 5.41 Å². The second-order valence-electron chi connectivity index (χ2n) is 8.95. The molecule has 0 bridgehead atoms. The van der Waals surface area contributed by atoms with Gasteiger partial charge in [0.05, 0.1) is 32.5 Å². The van der Waals surface area contributed by atoms with E-state index in [4.69, 9.17) is 14.2 Å². The molecular weight excluding hydrogens is 356 g/mol. The summed E-state index contributed by atoms with van der Waals surface area (Å²) < 4.78 is 17.7. The molecule has 3 atom stereocenters. The lowest BCUT2D eigenvalue weighted by molar-refractivity contribution is -0.161. The fourth-order valence-electron chi connectivity index (χ4n) is 4.51. The average molecular weight is 389 g/mol. The number of carbonyl (C=O) groups is 1.